The Morgan fingerprint density at radius 2 is 1.33 bits per heavy atom. The van der Waals surface area contributed by atoms with Crippen LogP contribution < -0.4 is 0 Å². The Labute approximate surface area is 97.7 Å². The molecule has 0 amide bonds. The van der Waals surface area contributed by atoms with Gasteiger partial charge in [0, 0.05) is 0 Å². The summed E-state index contributed by atoms with van der Waals surface area (Å²) in [6.45, 7) is 0. The van der Waals surface area contributed by atoms with E-state index in [0.29, 0.717) is 0 Å². The number of benzene rings is 1. The predicted octanol–water partition coefficient (Wildman–Crippen LogP) is 4.74. The van der Waals surface area contributed by atoms with Crippen molar-refractivity contribution < 1.29 is 30.7 Å². The maximum Gasteiger partial charge on any atom is 0.406 e. The van der Waals surface area contributed by atoms with Gasteiger partial charge in [0.2, 0.25) is 5.92 Å². The average Bonchev–Trinajstić information content (AvgIpc) is 2.13. The van der Waals surface area contributed by atoms with Crippen LogP contribution in [0.3, 0.4) is 0 Å². The molecule has 1 aromatic carbocycles. The molecule has 0 N–H and O–H groups in total. The fraction of sp³-hybridized carbons (Fsp3) is 0.273. The number of halogens is 7. The third kappa shape index (κ3) is 3.75. The van der Waals surface area contributed by atoms with Crippen molar-refractivity contribution in [1.82, 2.24) is 0 Å². The van der Waals surface area contributed by atoms with Gasteiger partial charge < -0.3 is 0 Å². The minimum absolute atomic E-state index is 0.0755. The molecule has 0 aliphatic heterocycles. The van der Waals surface area contributed by atoms with E-state index in [1.165, 1.54) is 30.3 Å². The van der Waals surface area contributed by atoms with E-state index < -0.39 is 24.1 Å². The van der Waals surface area contributed by atoms with Crippen LogP contribution in [0.15, 0.2) is 36.2 Å². The van der Waals surface area contributed by atoms with Gasteiger partial charge in [-0.25, -0.2) is 4.39 Å². The molecule has 18 heavy (non-hydrogen) atoms. The van der Waals surface area contributed by atoms with Gasteiger partial charge in [-0.15, -0.1) is 0 Å². The first kappa shape index (κ1) is 14.5. The first-order chi connectivity index (χ1) is 8.12. The van der Waals surface area contributed by atoms with Gasteiger partial charge in [0.25, 0.3) is 0 Å². The molecule has 1 rings (SSSR count). The van der Waals surface area contributed by atoms with E-state index in [4.69, 9.17) is 0 Å². The lowest BCUT2D eigenvalue weighted by Gasteiger charge is -2.21. The second-order valence-corrected chi connectivity index (χ2v) is 3.46. The lowest BCUT2D eigenvalue weighted by molar-refractivity contribution is -0.275. The molecule has 0 bridgehead atoms. The fourth-order valence-electron chi connectivity index (χ4n) is 1.29. The van der Waals surface area contributed by atoms with Gasteiger partial charge >= 0.3 is 12.4 Å². The monoisotopic (exact) mass is 272 g/mol. The standard InChI is InChI=1S/C11H7F7/c12-8(6-7-4-2-1-3-5-7)9(10(13,14)15)11(16,17)18/h1-6,9H/b8-6-. The Bertz CT molecular complexity index is 399. The number of alkyl halides is 6. The predicted molar refractivity (Wildman–Crippen MR) is 51.1 cm³/mol. The number of hydrogen-bond acceptors (Lipinski definition) is 0. The zero-order valence-electron chi connectivity index (χ0n) is 8.69. The average molecular weight is 272 g/mol. The minimum atomic E-state index is -5.71. The van der Waals surface area contributed by atoms with Crippen LogP contribution in [0.1, 0.15) is 5.56 Å². The van der Waals surface area contributed by atoms with Crippen molar-refractivity contribution in [3.8, 4) is 0 Å². The van der Waals surface area contributed by atoms with Crippen LogP contribution in [0, 0.1) is 5.92 Å². The molecule has 0 fully saturated rings. The van der Waals surface area contributed by atoms with Crippen LogP contribution in [0.25, 0.3) is 6.08 Å². The molecule has 0 nitrogen and oxygen atoms in total. The number of rotatable bonds is 2. The Morgan fingerprint density at radius 1 is 0.889 bits per heavy atom. The highest BCUT2D eigenvalue weighted by Gasteiger charge is 2.59. The van der Waals surface area contributed by atoms with E-state index in [0.717, 1.165) is 0 Å². The zero-order chi connectivity index (χ0) is 14.0. The van der Waals surface area contributed by atoms with Gasteiger partial charge in [-0.1, -0.05) is 30.3 Å². The van der Waals surface area contributed by atoms with Crippen molar-refractivity contribution >= 4 is 6.08 Å². The summed E-state index contributed by atoms with van der Waals surface area (Å²) in [4.78, 5) is 0. The number of allylic oxidation sites excluding steroid dienone is 1. The molecule has 0 spiro atoms. The number of hydrogen-bond donors (Lipinski definition) is 0. The van der Waals surface area contributed by atoms with Gasteiger partial charge in [0.05, 0.1) is 0 Å². The molecule has 0 aromatic heterocycles. The van der Waals surface area contributed by atoms with Crippen molar-refractivity contribution in [2.24, 2.45) is 5.92 Å². The molecule has 0 atom stereocenters. The van der Waals surface area contributed by atoms with E-state index in [9.17, 15) is 30.7 Å². The third-order valence-electron chi connectivity index (χ3n) is 2.03. The first-order valence-electron chi connectivity index (χ1n) is 4.68. The van der Waals surface area contributed by atoms with E-state index in [2.05, 4.69) is 0 Å². The van der Waals surface area contributed by atoms with Crippen LogP contribution >= 0.6 is 0 Å². The quantitative estimate of drug-likeness (QED) is 0.682. The summed E-state index contributed by atoms with van der Waals surface area (Å²) < 4.78 is 86.2. The largest absolute Gasteiger partial charge is 0.406 e. The summed E-state index contributed by atoms with van der Waals surface area (Å²) in [5, 5.41) is 0. The maximum atomic E-state index is 13.2. The van der Waals surface area contributed by atoms with Crippen molar-refractivity contribution in [3.63, 3.8) is 0 Å². The molecule has 0 radical (unpaired) electrons. The van der Waals surface area contributed by atoms with Crippen LogP contribution in [0.4, 0.5) is 30.7 Å². The highest BCUT2D eigenvalue weighted by Crippen LogP contribution is 2.44. The van der Waals surface area contributed by atoms with Gasteiger partial charge in [0.15, 0.2) is 0 Å². The normalized spacial score (nSPS) is 14.1. The smallest absolute Gasteiger partial charge is 0.211 e. The molecule has 0 aliphatic rings. The molecule has 0 aliphatic carbocycles. The van der Waals surface area contributed by atoms with Crippen LogP contribution in [-0.2, 0) is 0 Å². The van der Waals surface area contributed by atoms with Gasteiger partial charge in [-0.3, -0.25) is 0 Å². The summed E-state index contributed by atoms with van der Waals surface area (Å²) in [6, 6.07) is 6.64. The molecular formula is C11H7F7. The topological polar surface area (TPSA) is 0 Å². The summed E-state index contributed by atoms with van der Waals surface area (Å²) in [5.74, 6) is -6.37. The second kappa shape index (κ2) is 4.99. The van der Waals surface area contributed by atoms with E-state index in [1.807, 2.05) is 0 Å². The maximum absolute atomic E-state index is 13.2. The Hall–Kier alpha value is -1.53. The first-order valence-corrected chi connectivity index (χ1v) is 4.68. The molecule has 0 saturated carbocycles. The van der Waals surface area contributed by atoms with E-state index >= 15 is 0 Å². The molecule has 0 unspecified atom stereocenters. The van der Waals surface area contributed by atoms with Crippen LogP contribution in [0.5, 0.6) is 0 Å². The van der Waals surface area contributed by atoms with Crippen molar-refractivity contribution in [3.05, 3.63) is 41.7 Å². The van der Waals surface area contributed by atoms with Crippen LogP contribution in [-0.4, -0.2) is 12.4 Å². The Kier molecular flexibility index (Phi) is 4.03. The lowest BCUT2D eigenvalue weighted by atomic mass is 10.0. The Morgan fingerprint density at radius 3 is 1.72 bits per heavy atom. The van der Waals surface area contributed by atoms with Crippen molar-refractivity contribution in [1.29, 1.82) is 0 Å². The highest BCUT2D eigenvalue weighted by atomic mass is 19.4. The molecular weight excluding hydrogens is 265 g/mol. The van der Waals surface area contributed by atoms with E-state index in [-0.39, 0.29) is 11.6 Å². The third-order valence-corrected chi connectivity index (χ3v) is 2.03. The molecule has 0 saturated heterocycles. The Balaban J connectivity index is 3.12. The fourth-order valence-corrected chi connectivity index (χ4v) is 1.29. The zero-order valence-corrected chi connectivity index (χ0v) is 8.69. The lowest BCUT2D eigenvalue weighted by Crippen LogP contribution is -2.36. The van der Waals surface area contributed by atoms with Crippen LogP contribution in [0.2, 0.25) is 0 Å². The molecule has 7 heteroatoms. The highest BCUT2D eigenvalue weighted by molar-refractivity contribution is 5.51. The molecule has 100 valence electrons. The summed E-state index contributed by atoms with van der Waals surface area (Å²) in [5.41, 5.74) is -0.0755. The summed E-state index contributed by atoms with van der Waals surface area (Å²) in [7, 11) is 0. The molecule has 1 aromatic rings. The second-order valence-electron chi connectivity index (χ2n) is 3.46. The molecule has 0 heterocycles. The summed E-state index contributed by atoms with van der Waals surface area (Å²) >= 11 is 0. The van der Waals surface area contributed by atoms with Crippen molar-refractivity contribution in [2.75, 3.05) is 0 Å². The summed E-state index contributed by atoms with van der Waals surface area (Å²) in [6.07, 6.45) is -11.2. The minimum Gasteiger partial charge on any atom is -0.211 e. The SMILES string of the molecule is F/C(=C\c1ccccc1)C(C(F)(F)F)C(F)(F)F. The van der Waals surface area contributed by atoms with E-state index in [1.54, 1.807) is 0 Å². The van der Waals surface area contributed by atoms with Gasteiger partial charge in [-0.05, 0) is 11.6 Å². The van der Waals surface area contributed by atoms with Crippen molar-refractivity contribution in [2.45, 2.75) is 12.4 Å². The van der Waals surface area contributed by atoms with Gasteiger partial charge in [0.1, 0.15) is 5.83 Å². The van der Waals surface area contributed by atoms with Gasteiger partial charge in [-0.2, -0.15) is 26.3 Å².